The highest BCUT2D eigenvalue weighted by molar-refractivity contribution is 7.47. The highest BCUT2D eigenvalue weighted by atomic mass is 31.2. The zero-order valence-corrected chi connectivity index (χ0v) is 54.3. The molecule has 0 aromatic carbocycles. The smallest absolute Gasteiger partial charge is 0.391 e. The van der Waals surface area contributed by atoms with Crippen molar-refractivity contribution in [3.63, 3.8) is 0 Å². The maximum Gasteiger partial charge on any atom is 0.472 e. The predicted octanol–water partition coefficient (Wildman–Crippen LogP) is 21.8. The first-order chi connectivity index (χ1) is 38.5. The van der Waals surface area contributed by atoms with Gasteiger partial charge in [-0.05, 0) is 51.4 Å². The first-order valence-electron chi connectivity index (χ1n) is 34.5. The molecule has 0 heterocycles. The Kier molecular flexibility index (Phi) is 59.8. The minimum atomic E-state index is -4.32. The van der Waals surface area contributed by atoms with Crippen molar-refractivity contribution < 1.29 is 32.9 Å². The van der Waals surface area contributed by atoms with Crippen molar-refractivity contribution in [2.45, 2.75) is 353 Å². The third kappa shape index (κ3) is 63.9. The third-order valence-electron chi connectivity index (χ3n) is 15.8. The van der Waals surface area contributed by atoms with E-state index in [1.807, 2.05) is 21.1 Å². The number of allylic oxidation sites excluding steroid dienone is 8. The largest absolute Gasteiger partial charge is 0.472 e. The van der Waals surface area contributed by atoms with E-state index >= 15 is 0 Å². The predicted molar refractivity (Wildman–Crippen MR) is 346 cm³/mol. The lowest BCUT2D eigenvalue weighted by Crippen LogP contribution is -2.46. The normalized spacial score (nSPS) is 14.0. The molecule has 0 aliphatic carbocycles. The number of likely N-dealkylation sites (N-methyl/N-ethyl adjacent to an activating group) is 1. The Morgan fingerprint density at radius 3 is 1.11 bits per heavy atom. The summed E-state index contributed by atoms with van der Waals surface area (Å²) in [6.07, 6.45) is 82.2. The lowest BCUT2D eigenvalue weighted by atomic mass is 10.0. The van der Waals surface area contributed by atoms with Crippen LogP contribution in [0.15, 0.2) is 48.6 Å². The zero-order chi connectivity index (χ0) is 57.7. The number of carbonyl (C=O) groups is 1. The van der Waals surface area contributed by atoms with Crippen LogP contribution in [0.25, 0.3) is 0 Å². The number of amides is 1. The molecular formula is C70H136N2O6P+. The molecule has 3 N–H and O–H groups in total. The molecule has 0 aliphatic rings. The van der Waals surface area contributed by atoms with Gasteiger partial charge in [0.25, 0.3) is 0 Å². The number of unbranched alkanes of at least 4 members (excludes halogenated alkanes) is 43. The molecule has 9 heteroatoms. The Balaban J connectivity index is 3.89. The number of nitrogens with zero attached hydrogens (tertiary/aromatic N) is 1. The summed E-state index contributed by atoms with van der Waals surface area (Å²) in [7, 11) is 1.63. The van der Waals surface area contributed by atoms with E-state index < -0.39 is 20.0 Å². The molecule has 466 valence electrons. The molecule has 79 heavy (non-hydrogen) atoms. The lowest BCUT2D eigenvalue weighted by Gasteiger charge is -2.26. The summed E-state index contributed by atoms with van der Waals surface area (Å²) in [6.45, 7) is 4.82. The first kappa shape index (κ1) is 77.5. The molecule has 0 fully saturated rings. The van der Waals surface area contributed by atoms with Gasteiger partial charge in [-0.3, -0.25) is 13.8 Å². The lowest BCUT2D eigenvalue weighted by molar-refractivity contribution is -0.870. The van der Waals surface area contributed by atoms with Crippen LogP contribution in [0.4, 0.5) is 0 Å². The maximum atomic E-state index is 13.1. The Bertz CT molecular complexity index is 1430. The number of hydrogen-bond acceptors (Lipinski definition) is 5. The number of quaternary nitrogens is 1. The van der Waals surface area contributed by atoms with E-state index in [2.05, 4.69) is 67.8 Å². The number of phosphoric acid groups is 1. The van der Waals surface area contributed by atoms with Gasteiger partial charge in [-0.2, -0.15) is 0 Å². The van der Waals surface area contributed by atoms with Gasteiger partial charge in [-0.15, -0.1) is 0 Å². The average Bonchev–Trinajstić information content (AvgIpc) is 3.42. The van der Waals surface area contributed by atoms with Crippen LogP contribution in [-0.4, -0.2) is 73.4 Å². The molecule has 3 unspecified atom stereocenters. The Morgan fingerprint density at radius 2 is 0.759 bits per heavy atom. The molecular weight excluding hydrogens is 996 g/mol. The van der Waals surface area contributed by atoms with E-state index in [-0.39, 0.29) is 19.1 Å². The van der Waals surface area contributed by atoms with E-state index in [0.717, 1.165) is 64.2 Å². The second-order valence-corrected chi connectivity index (χ2v) is 26.3. The Labute approximate surface area is 492 Å². The van der Waals surface area contributed by atoms with Gasteiger partial charge in [-0.1, -0.05) is 332 Å². The molecule has 0 saturated heterocycles. The highest BCUT2D eigenvalue weighted by Gasteiger charge is 2.28. The first-order valence-corrected chi connectivity index (χ1v) is 36.0. The van der Waals surface area contributed by atoms with Crippen molar-refractivity contribution in [1.29, 1.82) is 0 Å². The second kappa shape index (κ2) is 61.0. The van der Waals surface area contributed by atoms with Crippen molar-refractivity contribution in [3.8, 4) is 0 Å². The van der Waals surface area contributed by atoms with Gasteiger partial charge in [0.2, 0.25) is 5.91 Å². The van der Waals surface area contributed by atoms with Gasteiger partial charge in [0.1, 0.15) is 13.2 Å². The fourth-order valence-corrected chi connectivity index (χ4v) is 11.2. The molecule has 0 radical (unpaired) electrons. The van der Waals surface area contributed by atoms with Crippen LogP contribution in [0, 0.1) is 0 Å². The quantitative estimate of drug-likeness (QED) is 0.0243. The molecule has 0 saturated carbocycles. The van der Waals surface area contributed by atoms with Crippen LogP contribution in [0.3, 0.4) is 0 Å². The Hall–Kier alpha value is -1.54. The minimum absolute atomic E-state index is 0.0770. The van der Waals surface area contributed by atoms with Crippen LogP contribution in [0.1, 0.15) is 341 Å². The van der Waals surface area contributed by atoms with Crippen LogP contribution in [0.5, 0.6) is 0 Å². The van der Waals surface area contributed by atoms with Gasteiger partial charge in [0.15, 0.2) is 0 Å². The minimum Gasteiger partial charge on any atom is -0.391 e. The molecule has 0 aromatic heterocycles. The molecule has 1 amide bonds. The maximum absolute atomic E-state index is 13.1. The monoisotopic (exact) mass is 1130 g/mol. The summed E-state index contributed by atoms with van der Waals surface area (Å²) in [5.74, 6) is -0.137. The SMILES string of the molecule is CC/C=C\C/C=C\C/C=C\C/C=C\CCCCCCCCCCCCCCCCCCCCCCCCCCCCC(=O)NC(COP(=O)(O)OCC[N+](C)(C)C)C(O)CCCCCCCCCCCCCCCCCCCC. The van der Waals surface area contributed by atoms with E-state index in [4.69, 9.17) is 9.05 Å². The van der Waals surface area contributed by atoms with Gasteiger partial charge >= 0.3 is 7.82 Å². The van der Waals surface area contributed by atoms with E-state index in [1.54, 1.807) is 0 Å². The fraction of sp³-hybridized carbons (Fsp3) is 0.871. The summed E-state index contributed by atoms with van der Waals surface area (Å²) >= 11 is 0. The van der Waals surface area contributed by atoms with E-state index in [9.17, 15) is 19.4 Å². The van der Waals surface area contributed by atoms with Crippen LogP contribution in [0.2, 0.25) is 0 Å². The van der Waals surface area contributed by atoms with Crippen molar-refractivity contribution in [3.05, 3.63) is 48.6 Å². The molecule has 0 spiro atoms. The standard InChI is InChI=1S/C70H135N2O6P/c1-6-8-10-12-14-16-18-20-22-24-26-27-28-29-30-31-32-33-34-35-36-37-38-39-40-41-42-43-44-45-46-48-50-52-54-56-58-60-62-64-70(74)71-68(67-78-79(75,76)77-66-65-72(3,4)5)69(73)63-61-59-57-55-53-51-49-47-25-23-21-19-17-15-13-11-9-7-2/h8,10,14,16,20,22,26-27,68-69,73H,6-7,9,11-13,15,17-19,21,23-25,28-67H2,1-5H3,(H-,71,74,75,76)/p+1/b10-8-,16-14-,22-20-,27-26-. The molecule has 0 rings (SSSR count). The summed E-state index contributed by atoms with van der Waals surface area (Å²) in [6, 6.07) is -0.759. The molecule has 0 aliphatic heterocycles. The van der Waals surface area contributed by atoms with Gasteiger partial charge in [0, 0.05) is 6.42 Å². The summed E-state index contributed by atoms with van der Waals surface area (Å²) in [5, 5.41) is 14.1. The topological polar surface area (TPSA) is 105 Å². The van der Waals surface area contributed by atoms with Gasteiger partial charge < -0.3 is 19.8 Å². The summed E-state index contributed by atoms with van der Waals surface area (Å²) in [5.41, 5.74) is 0. The van der Waals surface area contributed by atoms with Gasteiger partial charge in [-0.25, -0.2) is 4.57 Å². The van der Waals surface area contributed by atoms with Crippen LogP contribution in [-0.2, 0) is 18.4 Å². The van der Waals surface area contributed by atoms with Crippen molar-refractivity contribution in [2.75, 3.05) is 40.9 Å². The van der Waals surface area contributed by atoms with Crippen molar-refractivity contribution >= 4 is 13.7 Å². The number of carbonyl (C=O) groups excluding carboxylic acids is 1. The molecule has 8 nitrogen and oxygen atoms in total. The fourth-order valence-electron chi connectivity index (χ4n) is 10.5. The second-order valence-electron chi connectivity index (χ2n) is 24.9. The number of rotatable bonds is 64. The zero-order valence-electron chi connectivity index (χ0n) is 53.4. The number of phosphoric ester groups is 1. The number of nitrogens with one attached hydrogen (secondary N) is 1. The van der Waals surface area contributed by atoms with E-state index in [0.29, 0.717) is 23.9 Å². The molecule has 0 aromatic rings. The number of aliphatic hydroxyl groups is 1. The number of aliphatic hydroxyl groups excluding tert-OH is 1. The van der Waals surface area contributed by atoms with Crippen LogP contribution < -0.4 is 5.32 Å². The summed E-state index contributed by atoms with van der Waals surface area (Å²) in [4.78, 5) is 23.4. The van der Waals surface area contributed by atoms with Crippen LogP contribution >= 0.6 is 7.82 Å². The van der Waals surface area contributed by atoms with Crippen molar-refractivity contribution in [2.24, 2.45) is 0 Å². The van der Waals surface area contributed by atoms with Gasteiger partial charge in [0.05, 0.1) is 39.9 Å². The molecule has 0 bridgehead atoms. The highest BCUT2D eigenvalue weighted by Crippen LogP contribution is 2.43. The molecule has 3 atom stereocenters. The van der Waals surface area contributed by atoms with Crippen molar-refractivity contribution in [1.82, 2.24) is 5.32 Å². The average molecular weight is 1130 g/mol. The van der Waals surface area contributed by atoms with E-state index in [1.165, 1.54) is 250 Å². The Morgan fingerprint density at radius 1 is 0.443 bits per heavy atom. The third-order valence-corrected chi connectivity index (χ3v) is 16.8. The summed E-state index contributed by atoms with van der Waals surface area (Å²) < 4.78 is 23.9. The number of hydrogen-bond donors (Lipinski definition) is 3.